The summed E-state index contributed by atoms with van der Waals surface area (Å²) in [7, 11) is -0.845. The number of rotatable bonds is 11. The van der Waals surface area contributed by atoms with Gasteiger partial charge >= 0.3 is 10.2 Å². The number of anilines is 1. The second kappa shape index (κ2) is 11.7. The van der Waals surface area contributed by atoms with Crippen LogP contribution < -0.4 is 19.1 Å². The van der Waals surface area contributed by atoms with E-state index in [0.717, 1.165) is 10.5 Å². The standard InChI is InChI=1S/C24H30N4O8S/c1-27(2)24(33)23-18(29)6-5-7-20(23)36-13-4-3-12-25-21(31)11-9-16-8-10-17(19(30)14-16)28-15-22(32)26-37(28,34)35/h5-8,10,14-15,26,29-30,32H,3-4,9,11-13H2,1-2H3,(H,25,31). The number of aromatic hydroxyl groups is 2. The molecule has 2 amide bonds. The van der Waals surface area contributed by atoms with Gasteiger partial charge in [-0.05, 0) is 49.1 Å². The normalized spacial score (nSPS) is 14.0. The number of aryl methyl sites for hydroxylation is 1. The molecule has 0 bridgehead atoms. The SMILES string of the molecule is CN(C)C(=O)c1c(O)cccc1OCCCCNC(=O)CCc1ccc(N2C=C(O)NS2(=O)=O)c(O)c1. The molecule has 0 aromatic heterocycles. The van der Waals surface area contributed by atoms with Crippen LogP contribution in [0.2, 0.25) is 0 Å². The fourth-order valence-corrected chi connectivity index (χ4v) is 4.63. The number of carbonyl (C=O) groups is 2. The van der Waals surface area contributed by atoms with Gasteiger partial charge in [-0.25, -0.2) is 9.03 Å². The van der Waals surface area contributed by atoms with Gasteiger partial charge in [-0.3, -0.25) is 9.59 Å². The van der Waals surface area contributed by atoms with E-state index < -0.39 is 16.1 Å². The lowest BCUT2D eigenvalue weighted by molar-refractivity contribution is -0.121. The van der Waals surface area contributed by atoms with Crippen LogP contribution in [0.25, 0.3) is 0 Å². The number of unbranched alkanes of at least 4 members (excludes halogenated alkanes) is 1. The van der Waals surface area contributed by atoms with E-state index in [1.165, 1.54) is 23.1 Å². The number of hydrogen-bond acceptors (Lipinski definition) is 8. The molecule has 0 aliphatic carbocycles. The van der Waals surface area contributed by atoms with Gasteiger partial charge in [0, 0.05) is 27.1 Å². The Balaban J connectivity index is 1.40. The van der Waals surface area contributed by atoms with Crippen molar-refractivity contribution >= 4 is 27.7 Å². The Morgan fingerprint density at radius 3 is 2.49 bits per heavy atom. The van der Waals surface area contributed by atoms with E-state index in [1.54, 1.807) is 32.3 Å². The van der Waals surface area contributed by atoms with E-state index in [2.05, 4.69) is 5.32 Å². The summed E-state index contributed by atoms with van der Waals surface area (Å²) in [6, 6.07) is 8.99. The third-order valence-corrected chi connectivity index (χ3v) is 6.71. The molecule has 2 aromatic rings. The first-order valence-corrected chi connectivity index (χ1v) is 12.9. The van der Waals surface area contributed by atoms with Gasteiger partial charge in [-0.1, -0.05) is 12.1 Å². The van der Waals surface area contributed by atoms with E-state index in [4.69, 9.17) is 4.74 Å². The second-order valence-corrected chi connectivity index (χ2v) is 10.0. The van der Waals surface area contributed by atoms with E-state index >= 15 is 0 Å². The maximum Gasteiger partial charge on any atom is 0.330 e. The van der Waals surface area contributed by atoms with Crippen LogP contribution in [-0.4, -0.2) is 67.7 Å². The highest BCUT2D eigenvalue weighted by atomic mass is 32.2. The summed E-state index contributed by atoms with van der Waals surface area (Å²) in [5.41, 5.74) is 0.709. The number of hydrogen-bond donors (Lipinski definition) is 5. The Morgan fingerprint density at radius 2 is 1.84 bits per heavy atom. The first-order chi connectivity index (χ1) is 17.5. The van der Waals surface area contributed by atoms with Crippen molar-refractivity contribution in [1.29, 1.82) is 0 Å². The van der Waals surface area contributed by atoms with Gasteiger partial charge < -0.3 is 30.3 Å². The van der Waals surface area contributed by atoms with E-state index in [0.29, 0.717) is 43.7 Å². The zero-order valence-corrected chi connectivity index (χ0v) is 21.3. The molecule has 5 N–H and O–H groups in total. The molecule has 1 aliphatic heterocycles. The van der Waals surface area contributed by atoms with Gasteiger partial charge in [-0.15, -0.1) is 0 Å². The van der Waals surface area contributed by atoms with Crippen molar-refractivity contribution < 1.29 is 38.1 Å². The van der Waals surface area contributed by atoms with Crippen LogP contribution in [0.15, 0.2) is 48.5 Å². The van der Waals surface area contributed by atoms with Crippen LogP contribution in [0.3, 0.4) is 0 Å². The van der Waals surface area contributed by atoms with Crippen molar-refractivity contribution in [3.63, 3.8) is 0 Å². The highest BCUT2D eigenvalue weighted by Crippen LogP contribution is 2.33. The van der Waals surface area contributed by atoms with Gasteiger partial charge in [0.1, 0.15) is 28.5 Å². The van der Waals surface area contributed by atoms with Crippen LogP contribution in [-0.2, 0) is 21.4 Å². The number of aliphatic hydroxyl groups excluding tert-OH is 1. The van der Waals surface area contributed by atoms with E-state index in [9.17, 15) is 33.3 Å². The molecule has 0 unspecified atom stereocenters. The molecular formula is C24H30N4O8S. The molecule has 0 fully saturated rings. The molecule has 2 aromatic carbocycles. The summed E-state index contributed by atoms with van der Waals surface area (Å²) in [6.45, 7) is 0.722. The number of carbonyl (C=O) groups excluding carboxylic acids is 2. The van der Waals surface area contributed by atoms with Gasteiger partial charge in [0.05, 0.1) is 12.8 Å². The zero-order valence-electron chi connectivity index (χ0n) is 20.5. The lowest BCUT2D eigenvalue weighted by atomic mass is 10.1. The Bertz CT molecular complexity index is 1290. The van der Waals surface area contributed by atoms with Crippen molar-refractivity contribution in [2.24, 2.45) is 0 Å². The summed E-state index contributed by atoms with van der Waals surface area (Å²) in [5, 5.41) is 32.5. The molecule has 0 spiro atoms. The number of phenolic OH excluding ortho intramolecular Hbond substituents is 2. The minimum atomic E-state index is -4.02. The summed E-state index contributed by atoms with van der Waals surface area (Å²) in [6.07, 6.45) is 2.68. The molecule has 12 nitrogen and oxygen atoms in total. The van der Waals surface area contributed by atoms with Gasteiger partial charge in [0.15, 0.2) is 0 Å². The topological polar surface area (TPSA) is 169 Å². The van der Waals surface area contributed by atoms with Gasteiger partial charge in [0.25, 0.3) is 5.91 Å². The third kappa shape index (κ3) is 6.97. The Kier molecular flexibility index (Phi) is 8.71. The molecular weight excluding hydrogens is 504 g/mol. The fraction of sp³-hybridized carbons (Fsp3) is 0.333. The highest BCUT2D eigenvalue weighted by Gasteiger charge is 2.30. The van der Waals surface area contributed by atoms with Crippen LogP contribution in [0.1, 0.15) is 35.2 Å². The number of phenols is 2. The lowest BCUT2D eigenvalue weighted by Gasteiger charge is -2.16. The summed E-state index contributed by atoms with van der Waals surface area (Å²) in [4.78, 5) is 25.8. The molecule has 0 saturated carbocycles. The predicted molar refractivity (Wildman–Crippen MR) is 136 cm³/mol. The van der Waals surface area contributed by atoms with Crippen molar-refractivity contribution in [2.75, 3.05) is 31.6 Å². The molecule has 13 heteroatoms. The number of ether oxygens (including phenoxy) is 1. The number of nitrogens with one attached hydrogen (secondary N) is 2. The van der Waals surface area contributed by atoms with Gasteiger partial charge in [-0.2, -0.15) is 8.42 Å². The average Bonchev–Trinajstić information content (AvgIpc) is 3.11. The maximum atomic E-state index is 12.3. The minimum absolute atomic E-state index is 0.0316. The Labute approximate surface area is 215 Å². The molecule has 3 rings (SSSR count). The molecule has 1 aliphatic rings. The third-order valence-electron chi connectivity index (χ3n) is 5.43. The number of benzene rings is 2. The number of nitrogens with zero attached hydrogens (tertiary/aromatic N) is 2. The summed E-state index contributed by atoms with van der Waals surface area (Å²) in [5.74, 6) is -1.27. The summed E-state index contributed by atoms with van der Waals surface area (Å²) >= 11 is 0. The maximum absolute atomic E-state index is 12.3. The molecule has 200 valence electrons. The summed E-state index contributed by atoms with van der Waals surface area (Å²) < 4.78 is 32.2. The molecule has 1 heterocycles. The molecule has 0 atom stereocenters. The van der Waals surface area contributed by atoms with Crippen LogP contribution in [0, 0.1) is 0 Å². The first kappa shape index (κ1) is 27.5. The second-order valence-electron chi connectivity index (χ2n) is 8.50. The smallest absolute Gasteiger partial charge is 0.330 e. The van der Waals surface area contributed by atoms with E-state index in [-0.39, 0.29) is 41.0 Å². The quantitative estimate of drug-likeness (QED) is 0.272. The van der Waals surface area contributed by atoms with Crippen molar-refractivity contribution in [3.05, 3.63) is 59.6 Å². The highest BCUT2D eigenvalue weighted by molar-refractivity contribution is 7.91. The van der Waals surface area contributed by atoms with E-state index in [1.807, 2.05) is 4.72 Å². The van der Waals surface area contributed by atoms with Crippen LogP contribution in [0.4, 0.5) is 5.69 Å². The van der Waals surface area contributed by atoms with Crippen LogP contribution in [0.5, 0.6) is 17.2 Å². The Morgan fingerprint density at radius 1 is 1.08 bits per heavy atom. The lowest BCUT2D eigenvalue weighted by Crippen LogP contribution is -2.29. The molecule has 0 saturated heterocycles. The fourth-order valence-electron chi connectivity index (χ4n) is 3.56. The monoisotopic (exact) mass is 534 g/mol. The zero-order chi connectivity index (χ0) is 27.2. The van der Waals surface area contributed by atoms with Crippen molar-refractivity contribution in [3.8, 4) is 17.2 Å². The van der Waals surface area contributed by atoms with Crippen molar-refractivity contribution in [1.82, 2.24) is 14.9 Å². The number of aliphatic hydroxyl groups is 1. The van der Waals surface area contributed by atoms with Gasteiger partial charge in [0.2, 0.25) is 11.8 Å². The predicted octanol–water partition coefficient (Wildman–Crippen LogP) is 1.72. The number of amides is 2. The molecule has 37 heavy (non-hydrogen) atoms. The largest absolute Gasteiger partial charge is 0.507 e. The van der Waals surface area contributed by atoms with Crippen molar-refractivity contribution in [2.45, 2.75) is 25.7 Å². The van der Waals surface area contributed by atoms with Crippen LogP contribution >= 0.6 is 0 Å². The minimum Gasteiger partial charge on any atom is -0.507 e. The molecule has 0 radical (unpaired) electrons. The Hall–Kier alpha value is -4.13. The average molecular weight is 535 g/mol. The first-order valence-electron chi connectivity index (χ1n) is 11.5.